The molecule has 1 aromatic rings. The topological polar surface area (TPSA) is 79.9 Å². The third-order valence-electron chi connectivity index (χ3n) is 2.57. The summed E-state index contributed by atoms with van der Waals surface area (Å²) in [4.78, 5) is 0. The Morgan fingerprint density at radius 2 is 2.11 bits per heavy atom. The van der Waals surface area contributed by atoms with Crippen LogP contribution in [0.5, 0.6) is 0 Å². The third-order valence-corrected chi connectivity index (χ3v) is 2.57. The largest absolute Gasteiger partial charge is 0.409 e. The molecule has 1 rings (SSSR count). The van der Waals surface area contributed by atoms with Gasteiger partial charge in [-0.2, -0.15) is 0 Å². The second kappa shape index (κ2) is 7.68. The van der Waals surface area contributed by atoms with E-state index in [4.69, 9.17) is 15.7 Å². The quantitative estimate of drug-likeness (QED) is 0.295. The summed E-state index contributed by atoms with van der Waals surface area (Å²) in [5.74, 6) is 0.125. The average Bonchev–Trinajstić information content (AvgIpc) is 2.39. The first-order valence-corrected chi connectivity index (χ1v) is 6.06. The van der Waals surface area contributed by atoms with Gasteiger partial charge in [0.25, 0.3) is 0 Å². The summed E-state index contributed by atoms with van der Waals surface area (Å²) in [7, 11) is 0. The molecule has 1 aromatic carbocycles. The molecule has 0 amide bonds. The van der Waals surface area contributed by atoms with Crippen molar-refractivity contribution in [2.45, 2.75) is 26.5 Å². The highest BCUT2D eigenvalue weighted by Gasteiger charge is 2.01. The molecule has 0 bridgehead atoms. The number of oxime groups is 1. The first-order chi connectivity index (χ1) is 8.67. The van der Waals surface area contributed by atoms with Crippen molar-refractivity contribution in [3.05, 3.63) is 35.4 Å². The van der Waals surface area contributed by atoms with E-state index in [2.05, 4.69) is 10.5 Å². The number of rotatable bonds is 7. The number of hydrogen-bond donors (Lipinski definition) is 3. The SMILES string of the molecule is CCOC(C)CNCc1ccc(/C(N)=N/O)cc1. The molecule has 0 aliphatic heterocycles. The lowest BCUT2D eigenvalue weighted by atomic mass is 10.1. The molecule has 100 valence electrons. The first kappa shape index (κ1) is 14.5. The van der Waals surface area contributed by atoms with Gasteiger partial charge in [0.15, 0.2) is 5.84 Å². The van der Waals surface area contributed by atoms with E-state index in [-0.39, 0.29) is 11.9 Å². The molecule has 5 heteroatoms. The van der Waals surface area contributed by atoms with Crippen molar-refractivity contribution in [1.82, 2.24) is 5.32 Å². The Hall–Kier alpha value is -1.59. The Labute approximate surface area is 108 Å². The lowest BCUT2D eigenvalue weighted by molar-refractivity contribution is 0.0759. The van der Waals surface area contributed by atoms with Gasteiger partial charge in [0.2, 0.25) is 0 Å². The summed E-state index contributed by atoms with van der Waals surface area (Å²) in [6.45, 7) is 6.35. The molecule has 4 N–H and O–H groups in total. The van der Waals surface area contributed by atoms with Gasteiger partial charge in [-0.05, 0) is 19.4 Å². The number of amidine groups is 1. The minimum absolute atomic E-state index is 0.125. The van der Waals surface area contributed by atoms with Gasteiger partial charge >= 0.3 is 0 Å². The van der Waals surface area contributed by atoms with Crippen LogP contribution >= 0.6 is 0 Å². The monoisotopic (exact) mass is 251 g/mol. The molecule has 5 nitrogen and oxygen atoms in total. The first-order valence-electron chi connectivity index (χ1n) is 6.06. The van der Waals surface area contributed by atoms with Gasteiger partial charge in [0, 0.05) is 25.3 Å². The van der Waals surface area contributed by atoms with E-state index < -0.39 is 0 Å². The highest BCUT2D eigenvalue weighted by Crippen LogP contribution is 2.04. The lowest BCUT2D eigenvalue weighted by Crippen LogP contribution is -2.26. The van der Waals surface area contributed by atoms with E-state index in [1.165, 1.54) is 0 Å². The molecular weight excluding hydrogens is 230 g/mol. The third kappa shape index (κ3) is 4.73. The van der Waals surface area contributed by atoms with Gasteiger partial charge in [-0.25, -0.2) is 0 Å². The molecule has 0 aromatic heterocycles. The number of nitrogens with zero attached hydrogens (tertiary/aromatic N) is 1. The van der Waals surface area contributed by atoms with Crippen LogP contribution in [0.1, 0.15) is 25.0 Å². The molecular formula is C13H21N3O2. The summed E-state index contributed by atoms with van der Waals surface area (Å²) in [5.41, 5.74) is 7.34. The van der Waals surface area contributed by atoms with Crippen molar-refractivity contribution in [2.24, 2.45) is 10.9 Å². The molecule has 18 heavy (non-hydrogen) atoms. The molecule has 0 saturated carbocycles. The van der Waals surface area contributed by atoms with E-state index >= 15 is 0 Å². The molecule has 0 fully saturated rings. The lowest BCUT2D eigenvalue weighted by Gasteiger charge is -2.12. The fourth-order valence-corrected chi connectivity index (χ4v) is 1.61. The van der Waals surface area contributed by atoms with Crippen LogP contribution in [0.2, 0.25) is 0 Å². The fourth-order valence-electron chi connectivity index (χ4n) is 1.61. The molecule has 0 heterocycles. The van der Waals surface area contributed by atoms with Crippen LogP contribution in [0.4, 0.5) is 0 Å². The van der Waals surface area contributed by atoms with Crippen LogP contribution in [-0.2, 0) is 11.3 Å². The van der Waals surface area contributed by atoms with Gasteiger partial charge in [0.1, 0.15) is 0 Å². The molecule has 1 unspecified atom stereocenters. The van der Waals surface area contributed by atoms with Crippen LogP contribution in [-0.4, -0.2) is 30.3 Å². The van der Waals surface area contributed by atoms with E-state index in [0.29, 0.717) is 5.56 Å². The Balaban J connectivity index is 2.40. The maximum absolute atomic E-state index is 8.55. The van der Waals surface area contributed by atoms with Crippen molar-refractivity contribution in [3.63, 3.8) is 0 Å². The molecule has 0 aliphatic carbocycles. The Kier molecular flexibility index (Phi) is 6.18. The van der Waals surface area contributed by atoms with Gasteiger partial charge in [-0.3, -0.25) is 0 Å². The molecule has 0 radical (unpaired) electrons. The van der Waals surface area contributed by atoms with Crippen molar-refractivity contribution in [2.75, 3.05) is 13.2 Å². The summed E-state index contributed by atoms with van der Waals surface area (Å²) in [6.07, 6.45) is 0.214. The minimum atomic E-state index is 0.125. The Bertz CT molecular complexity index is 376. The second-order valence-corrected chi connectivity index (χ2v) is 4.08. The van der Waals surface area contributed by atoms with Gasteiger partial charge in [-0.15, -0.1) is 0 Å². The van der Waals surface area contributed by atoms with Crippen molar-refractivity contribution in [3.8, 4) is 0 Å². The Morgan fingerprint density at radius 1 is 1.44 bits per heavy atom. The minimum Gasteiger partial charge on any atom is -0.409 e. The predicted molar refractivity (Wildman–Crippen MR) is 71.7 cm³/mol. The summed E-state index contributed by atoms with van der Waals surface area (Å²) < 4.78 is 5.42. The maximum Gasteiger partial charge on any atom is 0.170 e. The zero-order chi connectivity index (χ0) is 13.4. The zero-order valence-electron chi connectivity index (χ0n) is 10.9. The zero-order valence-corrected chi connectivity index (χ0v) is 10.9. The number of benzene rings is 1. The molecule has 1 atom stereocenters. The number of nitrogens with two attached hydrogens (primary N) is 1. The normalized spacial score (nSPS) is 13.6. The average molecular weight is 251 g/mol. The summed E-state index contributed by atoms with van der Waals surface area (Å²) in [6, 6.07) is 7.56. The van der Waals surface area contributed by atoms with Gasteiger partial charge < -0.3 is 21.0 Å². The maximum atomic E-state index is 8.55. The standard InChI is InChI=1S/C13H21N3O2/c1-3-18-10(2)8-15-9-11-4-6-12(7-5-11)13(14)16-17/h4-7,10,15,17H,3,8-9H2,1-2H3,(H2,14,16). The van der Waals surface area contributed by atoms with Crippen LogP contribution in [0.15, 0.2) is 29.4 Å². The van der Waals surface area contributed by atoms with Crippen molar-refractivity contribution in [1.29, 1.82) is 0 Å². The van der Waals surface area contributed by atoms with E-state index in [9.17, 15) is 0 Å². The predicted octanol–water partition coefficient (Wildman–Crippen LogP) is 1.30. The van der Waals surface area contributed by atoms with E-state index in [1.54, 1.807) is 0 Å². The molecule has 0 saturated heterocycles. The fraction of sp³-hybridized carbons (Fsp3) is 0.462. The number of hydrogen-bond acceptors (Lipinski definition) is 4. The summed E-state index contributed by atoms with van der Waals surface area (Å²) >= 11 is 0. The van der Waals surface area contributed by atoms with Crippen LogP contribution < -0.4 is 11.1 Å². The molecule has 0 spiro atoms. The van der Waals surface area contributed by atoms with Crippen LogP contribution in [0.25, 0.3) is 0 Å². The highest BCUT2D eigenvalue weighted by atomic mass is 16.5. The molecule has 0 aliphatic rings. The Morgan fingerprint density at radius 3 is 2.67 bits per heavy atom. The number of nitrogens with one attached hydrogen (secondary N) is 1. The highest BCUT2D eigenvalue weighted by molar-refractivity contribution is 5.96. The van der Waals surface area contributed by atoms with Gasteiger partial charge in [0.05, 0.1) is 6.10 Å². The van der Waals surface area contributed by atoms with E-state index in [1.807, 2.05) is 38.1 Å². The van der Waals surface area contributed by atoms with Crippen molar-refractivity contribution >= 4 is 5.84 Å². The number of ether oxygens (including phenoxy) is 1. The van der Waals surface area contributed by atoms with Crippen LogP contribution in [0.3, 0.4) is 0 Å². The second-order valence-electron chi connectivity index (χ2n) is 4.08. The smallest absolute Gasteiger partial charge is 0.170 e. The van der Waals surface area contributed by atoms with Crippen molar-refractivity contribution < 1.29 is 9.94 Å². The van der Waals surface area contributed by atoms with E-state index in [0.717, 1.165) is 25.3 Å². The van der Waals surface area contributed by atoms with Crippen LogP contribution in [0, 0.1) is 0 Å². The van der Waals surface area contributed by atoms with Gasteiger partial charge in [-0.1, -0.05) is 29.4 Å². The summed E-state index contributed by atoms with van der Waals surface area (Å²) in [5, 5.41) is 14.8.